The molecule has 0 aliphatic heterocycles. The number of nitrogens with one attached hydrogen (secondary N) is 3. The first-order valence-electron chi connectivity index (χ1n) is 5.52. The van der Waals surface area contributed by atoms with Gasteiger partial charge in [-0.3, -0.25) is 19.9 Å². The van der Waals surface area contributed by atoms with Gasteiger partial charge in [0.25, 0.3) is 11.2 Å². The van der Waals surface area contributed by atoms with E-state index in [0.29, 0.717) is 17.0 Å². The van der Waals surface area contributed by atoms with Crippen molar-refractivity contribution in [3.63, 3.8) is 0 Å². The molecule has 0 fully saturated rings. The molecule has 9 heteroatoms. The van der Waals surface area contributed by atoms with Crippen molar-refractivity contribution >= 4 is 29.1 Å². The molecule has 0 aliphatic carbocycles. The Bertz CT molecular complexity index is 922. The minimum absolute atomic E-state index is 0.0119. The molecule has 1 aromatic carbocycles. The third kappa shape index (κ3) is 1.99. The zero-order chi connectivity index (χ0) is 14.3. The zero-order valence-corrected chi connectivity index (χ0v) is 10.7. The normalized spacial score (nSPS) is 10.8. The minimum Gasteiger partial charge on any atom is -0.332 e. The number of hydrogen-bond donors (Lipinski definition) is 3. The Morgan fingerprint density at radius 3 is 2.50 bits per heavy atom. The van der Waals surface area contributed by atoms with E-state index in [1.807, 2.05) is 0 Å². The first-order chi connectivity index (χ1) is 9.54. The first-order valence-corrected chi connectivity index (χ1v) is 5.92. The van der Waals surface area contributed by atoms with Crippen LogP contribution in [0.4, 0.5) is 5.69 Å². The summed E-state index contributed by atoms with van der Waals surface area (Å²) in [6.45, 7) is 0. The molecule has 0 radical (unpaired) electrons. The summed E-state index contributed by atoms with van der Waals surface area (Å²) in [6.07, 6.45) is 0. The molecule has 2 aromatic heterocycles. The standard InChI is InChI=1S/C11H7N5O3S/c17-10-7-9(14-11(20)15-10)13-8(12-7)5-1-3-6(4-2-5)16(18)19/h1-4H,(H3,12,13,14,15,17,20). The van der Waals surface area contributed by atoms with Crippen LogP contribution in [0, 0.1) is 14.9 Å². The first kappa shape index (κ1) is 12.2. The number of hydrogen-bond acceptors (Lipinski definition) is 5. The average molecular weight is 289 g/mol. The average Bonchev–Trinajstić information content (AvgIpc) is 2.83. The third-order valence-corrected chi connectivity index (χ3v) is 2.95. The van der Waals surface area contributed by atoms with E-state index in [1.54, 1.807) is 12.1 Å². The zero-order valence-electron chi connectivity index (χ0n) is 9.84. The second-order valence-corrected chi connectivity index (χ2v) is 4.43. The van der Waals surface area contributed by atoms with Crippen LogP contribution >= 0.6 is 12.2 Å². The summed E-state index contributed by atoms with van der Waals surface area (Å²) in [5.74, 6) is 0.428. The van der Waals surface area contributed by atoms with Gasteiger partial charge in [0.2, 0.25) is 0 Å². The highest BCUT2D eigenvalue weighted by Crippen LogP contribution is 2.20. The van der Waals surface area contributed by atoms with Crippen molar-refractivity contribution < 1.29 is 4.92 Å². The van der Waals surface area contributed by atoms with E-state index in [4.69, 9.17) is 12.2 Å². The van der Waals surface area contributed by atoms with Crippen LogP contribution in [-0.4, -0.2) is 24.9 Å². The Morgan fingerprint density at radius 1 is 1.15 bits per heavy atom. The minimum atomic E-state index is -0.482. The number of fused-ring (bicyclic) bond motifs is 1. The fourth-order valence-electron chi connectivity index (χ4n) is 1.81. The van der Waals surface area contributed by atoms with Crippen LogP contribution in [0.2, 0.25) is 0 Å². The van der Waals surface area contributed by atoms with Gasteiger partial charge in [-0.2, -0.15) is 0 Å². The van der Waals surface area contributed by atoms with E-state index >= 15 is 0 Å². The maximum atomic E-state index is 11.7. The van der Waals surface area contributed by atoms with Crippen molar-refractivity contribution in [1.82, 2.24) is 19.9 Å². The predicted octanol–water partition coefficient (Wildman–Crippen LogP) is 1.88. The Morgan fingerprint density at radius 2 is 1.85 bits per heavy atom. The number of aromatic nitrogens is 4. The van der Waals surface area contributed by atoms with Gasteiger partial charge in [0.15, 0.2) is 10.4 Å². The summed E-state index contributed by atoms with van der Waals surface area (Å²) in [5.41, 5.74) is 0.858. The summed E-state index contributed by atoms with van der Waals surface area (Å²) < 4.78 is 0.184. The van der Waals surface area contributed by atoms with Gasteiger partial charge in [0.1, 0.15) is 11.3 Å². The number of non-ortho nitro benzene ring substituents is 1. The van der Waals surface area contributed by atoms with E-state index in [9.17, 15) is 14.9 Å². The number of benzene rings is 1. The van der Waals surface area contributed by atoms with Crippen LogP contribution in [0.1, 0.15) is 0 Å². The van der Waals surface area contributed by atoms with Crippen molar-refractivity contribution in [2.24, 2.45) is 0 Å². The third-order valence-electron chi connectivity index (χ3n) is 2.74. The lowest BCUT2D eigenvalue weighted by atomic mass is 10.2. The van der Waals surface area contributed by atoms with Gasteiger partial charge < -0.3 is 9.97 Å². The number of rotatable bonds is 2. The largest absolute Gasteiger partial charge is 0.332 e. The number of nitro benzene ring substituents is 1. The monoisotopic (exact) mass is 289 g/mol. The van der Waals surface area contributed by atoms with Crippen LogP contribution in [0.5, 0.6) is 0 Å². The van der Waals surface area contributed by atoms with Crippen molar-refractivity contribution in [3.8, 4) is 11.4 Å². The Kier molecular flexibility index (Phi) is 2.68. The molecule has 2 heterocycles. The molecule has 3 N–H and O–H groups in total. The van der Waals surface area contributed by atoms with Crippen LogP contribution in [-0.2, 0) is 0 Å². The lowest BCUT2D eigenvalue weighted by Gasteiger charge is -1.95. The van der Waals surface area contributed by atoms with Gasteiger partial charge in [-0.1, -0.05) is 0 Å². The van der Waals surface area contributed by atoms with Gasteiger partial charge in [0, 0.05) is 17.7 Å². The molecule has 0 atom stereocenters. The maximum absolute atomic E-state index is 11.7. The molecule has 0 aliphatic rings. The summed E-state index contributed by atoms with van der Waals surface area (Å²) in [5, 5.41) is 10.6. The molecule has 100 valence electrons. The van der Waals surface area contributed by atoms with Crippen molar-refractivity contribution in [1.29, 1.82) is 0 Å². The van der Waals surface area contributed by atoms with Gasteiger partial charge in [0.05, 0.1) is 4.92 Å². The van der Waals surface area contributed by atoms with Crippen molar-refractivity contribution in [2.75, 3.05) is 0 Å². The highest BCUT2D eigenvalue weighted by molar-refractivity contribution is 7.71. The fraction of sp³-hybridized carbons (Fsp3) is 0. The molecule has 8 nitrogen and oxygen atoms in total. The van der Waals surface area contributed by atoms with Gasteiger partial charge in [-0.05, 0) is 24.4 Å². The Balaban J connectivity index is 2.15. The van der Waals surface area contributed by atoms with Crippen LogP contribution in [0.25, 0.3) is 22.6 Å². The summed E-state index contributed by atoms with van der Waals surface area (Å²) in [7, 11) is 0. The summed E-state index contributed by atoms with van der Waals surface area (Å²) in [4.78, 5) is 34.1. The molecule has 0 saturated carbocycles. The van der Waals surface area contributed by atoms with Crippen molar-refractivity contribution in [2.45, 2.75) is 0 Å². The molecular weight excluding hydrogens is 282 g/mol. The number of nitrogens with zero attached hydrogens (tertiary/aromatic N) is 2. The van der Waals surface area contributed by atoms with E-state index < -0.39 is 4.92 Å². The fourth-order valence-corrected chi connectivity index (χ4v) is 2.00. The SMILES string of the molecule is O=c1[nH]c(=S)[nH]c2nc(-c3ccc([N+](=O)[O-])cc3)[nH]c12. The molecule has 0 unspecified atom stereocenters. The van der Waals surface area contributed by atoms with E-state index in [1.165, 1.54) is 12.1 Å². The molecule has 0 saturated heterocycles. The van der Waals surface area contributed by atoms with E-state index in [-0.39, 0.29) is 21.5 Å². The molecule has 3 rings (SSSR count). The molecule has 0 bridgehead atoms. The van der Waals surface area contributed by atoms with Crippen LogP contribution in [0.15, 0.2) is 29.1 Å². The molecule has 0 spiro atoms. The summed E-state index contributed by atoms with van der Waals surface area (Å²) in [6, 6.07) is 5.85. The molecule has 0 amide bonds. The van der Waals surface area contributed by atoms with Crippen LogP contribution < -0.4 is 5.56 Å². The second-order valence-electron chi connectivity index (χ2n) is 4.02. The summed E-state index contributed by atoms with van der Waals surface area (Å²) >= 11 is 4.86. The molecule has 3 aromatic rings. The predicted molar refractivity (Wildman–Crippen MR) is 74.0 cm³/mol. The number of nitro groups is 1. The quantitative estimate of drug-likeness (QED) is 0.378. The number of aromatic amines is 3. The topological polar surface area (TPSA) is 120 Å². The lowest BCUT2D eigenvalue weighted by Crippen LogP contribution is -2.07. The molecule has 20 heavy (non-hydrogen) atoms. The van der Waals surface area contributed by atoms with Crippen molar-refractivity contribution in [3.05, 3.63) is 49.5 Å². The van der Waals surface area contributed by atoms with E-state index in [2.05, 4.69) is 19.9 Å². The lowest BCUT2D eigenvalue weighted by molar-refractivity contribution is -0.384. The van der Waals surface area contributed by atoms with Gasteiger partial charge in [-0.15, -0.1) is 0 Å². The highest BCUT2D eigenvalue weighted by atomic mass is 32.1. The second kappa shape index (κ2) is 4.38. The number of imidazole rings is 1. The van der Waals surface area contributed by atoms with Gasteiger partial charge in [-0.25, -0.2) is 4.98 Å². The van der Waals surface area contributed by atoms with Gasteiger partial charge >= 0.3 is 0 Å². The number of H-pyrrole nitrogens is 3. The van der Waals surface area contributed by atoms with Crippen LogP contribution in [0.3, 0.4) is 0 Å². The Labute approximate surface area is 115 Å². The maximum Gasteiger partial charge on any atom is 0.277 e. The Hall–Kier alpha value is -2.81. The molecular formula is C11H7N5O3S. The van der Waals surface area contributed by atoms with E-state index in [0.717, 1.165) is 0 Å². The smallest absolute Gasteiger partial charge is 0.277 e. The highest BCUT2D eigenvalue weighted by Gasteiger charge is 2.10.